The predicted octanol–water partition coefficient (Wildman–Crippen LogP) is 5.49. The quantitative estimate of drug-likeness (QED) is 0.197. The van der Waals surface area contributed by atoms with Crippen molar-refractivity contribution in [2.24, 2.45) is 5.10 Å². The molecule has 0 unspecified atom stereocenters. The highest BCUT2D eigenvalue weighted by Gasteiger charge is 2.23. The number of halogens is 3. The first kappa shape index (κ1) is 26.1. The minimum Gasteiger partial charge on any atom is -0.477 e. The van der Waals surface area contributed by atoms with Crippen LogP contribution in [0.4, 0.5) is 0 Å². The third-order valence-electron chi connectivity index (χ3n) is 4.65. The van der Waals surface area contributed by atoms with Crippen LogP contribution < -0.4 is 10.3 Å². The summed E-state index contributed by atoms with van der Waals surface area (Å²) in [6.07, 6.45) is 0.896. The summed E-state index contributed by atoms with van der Waals surface area (Å²) in [5.74, 6) is 0.711. The Bertz CT molecular complexity index is 1290. The molecule has 10 heteroatoms. The molecule has 1 atom stereocenters. The van der Waals surface area contributed by atoms with E-state index in [1.807, 2.05) is 45.0 Å². The second-order valence-electron chi connectivity index (χ2n) is 8.31. The average molecular weight is 738 g/mol. The number of carbonyl (C=O) groups is 1. The van der Waals surface area contributed by atoms with Crippen LogP contribution >= 0.6 is 61.1 Å². The highest BCUT2D eigenvalue weighted by atomic mass is 127. The number of ether oxygens (including phenoxy) is 2. The fourth-order valence-electron chi connectivity index (χ4n) is 3.02. The molecule has 0 aliphatic carbocycles. The highest BCUT2D eigenvalue weighted by Crippen LogP contribution is 2.30. The molecule has 0 spiro atoms. The minimum atomic E-state index is -0.729. The predicted molar refractivity (Wildman–Crippen MR) is 149 cm³/mol. The van der Waals surface area contributed by atoms with Gasteiger partial charge in [-0.1, -0.05) is 36.7 Å². The summed E-state index contributed by atoms with van der Waals surface area (Å²) in [6.45, 7) is 7.61. The molecular formula is C23H22BrI2N3O4. The lowest BCUT2D eigenvalue weighted by molar-refractivity contribution is -0.147. The number of nitrogens with zero attached hydrogens (tertiary/aromatic N) is 3. The van der Waals surface area contributed by atoms with Gasteiger partial charge >= 0.3 is 5.97 Å². The van der Waals surface area contributed by atoms with Crippen molar-refractivity contribution in [3.05, 3.63) is 63.7 Å². The van der Waals surface area contributed by atoms with Gasteiger partial charge in [0.2, 0.25) is 0 Å². The van der Waals surface area contributed by atoms with E-state index in [9.17, 15) is 9.59 Å². The maximum atomic E-state index is 13.3. The van der Waals surface area contributed by atoms with E-state index in [1.54, 1.807) is 19.2 Å². The first-order valence-corrected chi connectivity index (χ1v) is 12.9. The Labute approximate surface area is 227 Å². The molecule has 33 heavy (non-hydrogen) atoms. The summed E-state index contributed by atoms with van der Waals surface area (Å²) < 4.78 is 14.3. The molecular weight excluding hydrogens is 716 g/mol. The molecule has 0 saturated carbocycles. The molecule has 7 nitrogen and oxygen atoms in total. The molecule has 0 amide bonds. The molecule has 2 aromatic carbocycles. The molecule has 0 radical (unpaired) electrons. The van der Waals surface area contributed by atoms with Crippen LogP contribution in [0.15, 0.2) is 44.7 Å². The maximum absolute atomic E-state index is 13.3. The summed E-state index contributed by atoms with van der Waals surface area (Å²) in [7, 11) is 1.33. The number of hydrogen-bond acceptors (Lipinski definition) is 6. The summed E-state index contributed by atoms with van der Waals surface area (Å²) in [4.78, 5) is 29.7. The van der Waals surface area contributed by atoms with Crippen LogP contribution in [0.3, 0.4) is 0 Å². The third-order valence-corrected chi connectivity index (χ3v) is 6.75. The second kappa shape index (κ2) is 10.4. The van der Waals surface area contributed by atoms with Crippen molar-refractivity contribution >= 4 is 84.2 Å². The van der Waals surface area contributed by atoms with Crippen LogP contribution in [0.25, 0.3) is 10.9 Å². The molecule has 1 aromatic heterocycles. The molecule has 0 aliphatic rings. The van der Waals surface area contributed by atoms with E-state index in [-0.39, 0.29) is 5.56 Å². The minimum absolute atomic E-state index is 0.237. The zero-order chi connectivity index (χ0) is 24.5. The smallest absolute Gasteiger partial charge is 0.346 e. The zero-order valence-corrected chi connectivity index (χ0v) is 24.6. The standard InChI is InChI=1S/C23H22BrI2N3O4/c1-12(21(31)32-5)33-19-16(25)8-13(9-17(19)26)11-27-29-20(30)15-10-14(24)6-7-18(15)28-22(29)23(2,3)4/h6-12H,1-5H3/t12-/m1/s1. The topological polar surface area (TPSA) is 82.8 Å². The van der Waals surface area contributed by atoms with Crippen molar-refractivity contribution < 1.29 is 14.3 Å². The second-order valence-corrected chi connectivity index (χ2v) is 11.5. The van der Waals surface area contributed by atoms with Crippen LogP contribution in [-0.4, -0.2) is 35.1 Å². The van der Waals surface area contributed by atoms with Gasteiger partial charge in [0.1, 0.15) is 11.6 Å². The van der Waals surface area contributed by atoms with Crippen LogP contribution in [0, 0.1) is 7.14 Å². The van der Waals surface area contributed by atoms with Crippen LogP contribution in [0.5, 0.6) is 5.75 Å². The maximum Gasteiger partial charge on any atom is 0.346 e. The zero-order valence-electron chi connectivity index (χ0n) is 18.6. The number of esters is 1. The molecule has 3 aromatic rings. The van der Waals surface area contributed by atoms with Crippen LogP contribution in [0.1, 0.15) is 39.1 Å². The molecule has 1 heterocycles. The number of benzene rings is 2. The molecule has 0 bridgehead atoms. The van der Waals surface area contributed by atoms with Crippen molar-refractivity contribution in [2.75, 3.05) is 7.11 Å². The van der Waals surface area contributed by atoms with Crippen LogP contribution in [0.2, 0.25) is 0 Å². The Kier molecular flexibility index (Phi) is 8.20. The molecule has 3 rings (SSSR count). The fraction of sp³-hybridized carbons (Fsp3) is 0.304. The molecule has 0 saturated heterocycles. The van der Waals surface area contributed by atoms with E-state index in [2.05, 4.69) is 66.2 Å². The Hall–Kier alpha value is -1.54. The van der Waals surface area contributed by atoms with Gasteiger partial charge in [0.05, 0.1) is 31.4 Å². The van der Waals surface area contributed by atoms with E-state index in [0.717, 1.165) is 17.2 Å². The van der Waals surface area contributed by atoms with Crippen molar-refractivity contribution in [1.29, 1.82) is 0 Å². The molecule has 0 N–H and O–H groups in total. The van der Waals surface area contributed by atoms with Crippen molar-refractivity contribution in [2.45, 2.75) is 39.2 Å². The van der Waals surface area contributed by atoms with Gasteiger partial charge in [-0.05, 0) is 88.0 Å². The van der Waals surface area contributed by atoms with Gasteiger partial charge in [0.15, 0.2) is 6.10 Å². The van der Waals surface area contributed by atoms with Gasteiger partial charge in [0.25, 0.3) is 5.56 Å². The molecule has 0 aliphatic heterocycles. The Morgan fingerprint density at radius 1 is 1.21 bits per heavy atom. The Balaban J connectivity index is 2.06. The van der Waals surface area contributed by atoms with E-state index in [4.69, 9.17) is 14.5 Å². The van der Waals surface area contributed by atoms with E-state index >= 15 is 0 Å². The van der Waals surface area contributed by atoms with Gasteiger partial charge in [-0.2, -0.15) is 9.78 Å². The van der Waals surface area contributed by atoms with Gasteiger partial charge in [-0.15, -0.1) is 0 Å². The summed E-state index contributed by atoms with van der Waals surface area (Å²) in [6, 6.07) is 9.19. The molecule has 0 fully saturated rings. The lowest BCUT2D eigenvalue weighted by Crippen LogP contribution is -2.29. The normalized spacial score (nSPS) is 12.8. The Morgan fingerprint density at radius 2 is 1.85 bits per heavy atom. The lowest BCUT2D eigenvalue weighted by atomic mass is 9.95. The summed E-state index contributed by atoms with van der Waals surface area (Å²) >= 11 is 7.71. The van der Waals surface area contributed by atoms with E-state index in [0.29, 0.717) is 22.5 Å². The number of aromatic nitrogens is 2. The number of methoxy groups -OCH3 is 1. The van der Waals surface area contributed by atoms with Crippen molar-refractivity contribution in [1.82, 2.24) is 9.66 Å². The number of hydrogen-bond donors (Lipinski definition) is 0. The largest absolute Gasteiger partial charge is 0.477 e. The van der Waals surface area contributed by atoms with Crippen LogP contribution in [-0.2, 0) is 14.9 Å². The van der Waals surface area contributed by atoms with E-state index < -0.39 is 17.5 Å². The monoisotopic (exact) mass is 737 g/mol. The van der Waals surface area contributed by atoms with Crippen molar-refractivity contribution in [3.8, 4) is 5.75 Å². The van der Waals surface area contributed by atoms with Gasteiger partial charge in [0, 0.05) is 9.89 Å². The molecule has 174 valence electrons. The van der Waals surface area contributed by atoms with E-state index in [1.165, 1.54) is 11.8 Å². The fourth-order valence-corrected chi connectivity index (χ4v) is 5.45. The summed E-state index contributed by atoms with van der Waals surface area (Å²) in [5, 5.41) is 5.00. The number of carbonyl (C=O) groups excluding carboxylic acids is 1. The lowest BCUT2D eigenvalue weighted by Gasteiger charge is -2.21. The third kappa shape index (κ3) is 5.94. The van der Waals surface area contributed by atoms with Crippen molar-refractivity contribution in [3.63, 3.8) is 0 Å². The Morgan fingerprint density at radius 3 is 2.42 bits per heavy atom. The number of fused-ring (bicyclic) bond motifs is 1. The van der Waals surface area contributed by atoms with Gasteiger partial charge in [-0.25, -0.2) is 9.78 Å². The van der Waals surface area contributed by atoms with Gasteiger partial charge < -0.3 is 9.47 Å². The number of rotatable bonds is 5. The highest BCUT2D eigenvalue weighted by molar-refractivity contribution is 14.1. The first-order valence-electron chi connectivity index (χ1n) is 9.93. The SMILES string of the molecule is COC(=O)[C@@H](C)Oc1c(I)cc(C=Nn2c(C(C)(C)C)nc3ccc(Br)cc3c2=O)cc1I. The summed E-state index contributed by atoms with van der Waals surface area (Å²) in [5.41, 5.74) is 0.772. The average Bonchev–Trinajstić information content (AvgIpc) is 2.74. The first-order chi connectivity index (χ1) is 15.4. The van der Waals surface area contributed by atoms with Gasteiger partial charge in [-0.3, -0.25) is 4.79 Å².